The van der Waals surface area contributed by atoms with Crippen LogP contribution in [0, 0.1) is 0 Å². The third-order valence-corrected chi connectivity index (χ3v) is 6.86. The highest BCUT2D eigenvalue weighted by molar-refractivity contribution is 6.19. The van der Waals surface area contributed by atoms with Gasteiger partial charge in [-0.05, 0) is 93.3 Å². The zero-order chi connectivity index (χ0) is 24.9. The van der Waals surface area contributed by atoms with E-state index in [2.05, 4.69) is 78.9 Å². The summed E-state index contributed by atoms with van der Waals surface area (Å²) in [5.74, 6) is 2.30. The van der Waals surface area contributed by atoms with Crippen LogP contribution in [0.3, 0.4) is 0 Å². The summed E-state index contributed by atoms with van der Waals surface area (Å²) in [5, 5.41) is 0. The lowest BCUT2D eigenvalue weighted by Crippen LogP contribution is -1.93. The molecule has 0 amide bonds. The molecule has 5 rings (SSSR count). The molecule has 180 valence electrons. The average molecular weight is 493 g/mol. The molecule has 1 aliphatic carbocycles. The topological polar surface area (TPSA) is 18.5 Å². The predicted octanol–water partition coefficient (Wildman–Crippen LogP) is 8.28. The highest BCUT2D eigenvalue weighted by Gasteiger charge is 2.27. The van der Waals surface area contributed by atoms with Crippen LogP contribution >= 0.6 is 11.6 Å². The lowest BCUT2D eigenvalue weighted by atomic mass is 9.94. The smallest absolute Gasteiger partial charge is 0.118 e. The van der Waals surface area contributed by atoms with Crippen molar-refractivity contribution in [1.29, 1.82) is 0 Å². The van der Waals surface area contributed by atoms with Crippen molar-refractivity contribution < 1.29 is 9.47 Å². The highest BCUT2D eigenvalue weighted by Crippen LogP contribution is 2.47. The molecule has 0 unspecified atom stereocenters. The van der Waals surface area contributed by atoms with Crippen LogP contribution in [0.5, 0.6) is 11.5 Å². The molecule has 3 heteroatoms. The Bertz CT molecular complexity index is 1400. The van der Waals surface area contributed by atoms with Crippen LogP contribution < -0.4 is 9.47 Å². The standard InChI is InChI=1S/C33H29ClO2/c1-35-27-13-8-23(9-14-27)20-25-12-17-29-32(22-25)31(21-24-10-15-28(36-2)16-11-24)30(18-19-34)33(29)26-6-4-3-5-7-26/h3-17,21-22H,18-20H2,1-2H3/b31-21-. The third-order valence-electron chi connectivity index (χ3n) is 6.67. The Morgan fingerprint density at radius 2 is 1.33 bits per heavy atom. The van der Waals surface area contributed by atoms with Crippen molar-refractivity contribution in [1.82, 2.24) is 0 Å². The van der Waals surface area contributed by atoms with Crippen molar-refractivity contribution >= 4 is 28.8 Å². The summed E-state index contributed by atoms with van der Waals surface area (Å²) in [4.78, 5) is 0. The monoisotopic (exact) mass is 492 g/mol. The fourth-order valence-electron chi connectivity index (χ4n) is 4.90. The molecule has 0 saturated heterocycles. The second-order valence-electron chi connectivity index (χ2n) is 8.89. The minimum atomic E-state index is 0.568. The molecule has 0 bridgehead atoms. The van der Waals surface area contributed by atoms with Crippen molar-refractivity contribution in [2.24, 2.45) is 0 Å². The van der Waals surface area contributed by atoms with Gasteiger partial charge in [0.2, 0.25) is 0 Å². The predicted molar refractivity (Wildman–Crippen MR) is 151 cm³/mol. The molecular formula is C33H29ClO2. The SMILES string of the molecule is COc1ccc(/C=C2/C(CCCl)=C(c3ccccc3)c3ccc(Cc4ccc(OC)cc4)cc32)cc1. The van der Waals surface area contributed by atoms with Crippen LogP contribution in [-0.4, -0.2) is 20.1 Å². The molecule has 0 heterocycles. The van der Waals surface area contributed by atoms with Crippen molar-refractivity contribution in [2.45, 2.75) is 12.8 Å². The second kappa shape index (κ2) is 10.9. The first-order valence-corrected chi connectivity index (χ1v) is 12.7. The van der Waals surface area contributed by atoms with Gasteiger partial charge in [0.25, 0.3) is 0 Å². The molecule has 2 nitrogen and oxygen atoms in total. The molecule has 0 radical (unpaired) electrons. The molecule has 36 heavy (non-hydrogen) atoms. The molecule has 0 spiro atoms. The first kappa shape index (κ1) is 24.0. The summed E-state index contributed by atoms with van der Waals surface area (Å²) in [6.45, 7) is 0. The minimum Gasteiger partial charge on any atom is -0.497 e. The van der Waals surface area contributed by atoms with E-state index < -0.39 is 0 Å². The molecule has 0 fully saturated rings. The van der Waals surface area contributed by atoms with Gasteiger partial charge in [0.15, 0.2) is 0 Å². The highest BCUT2D eigenvalue weighted by atomic mass is 35.5. The zero-order valence-corrected chi connectivity index (χ0v) is 21.4. The molecule has 0 aromatic heterocycles. The summed E-state index contributed by atoms with van der Waals surface area (Å²) >= 11 is 6.36. The number of fused-ring (bicyclic) bond motifs is 1. The van der Waals surface area contributed by atoms with Gasteiger partial charge in [-0.2, -0.15) is 0 Å². The summed E-state index contributed by atoms with van der Waals surface area (Å²) in [6, 6.07) is 34.0. The zero-order valence-electron chi connectivity index (χ0n) is 20.6. The van der Waals surface area contributed by atoms with E-state index in [-0.39, 0.29) is 0 Å². The quantitative estimate of drug-likeness (QED) is 0.230. The van der Waals surface area contributed by atoms with E-state index in [1.54, 1.807) is 14.2 Å². The number of alkyl halides is 1. The van der Waals surface area contributed by atoms with E-state index in [1.165, 1.54) is 44.5 Å². The van der Waals surface area contributed by atoms with E-state index >= 15 is 0 Å². The molecule has 0 atom stereocenters. The van der Waals surface area contributed by atoms with Crippen molar-refractivity contribution in [3.63, 3.8) is 0 Å². The summed E-state index contributed by atoms with van der Waals surface area (Å²) in [7, 11) is 3.39. The Morgan fingerprint density at radius 1 is 0.694 bits per heavy atom. The fourth-order valence-corrected chi connectivity index (χ4v) is 5.09. The number of hydrogen-bond acceptors (Lipinski definition) is 2. The number of benzene rings is 4. The Labute approximate surface area is 218 Å². The van der Waals surface area contributed by atoms with E-state index in [0.29, 0.717) is 5.88 Å². The van der Waals surface area contributed by atoms with Crippen LogP contribution in [0.4, 0.5) is 0 Å². The second-order valence-corrected chi connectivity index (χ2v) is 9.27. The Balaban J connectivity index is 1.62. The normalized spacial score (nSPS) is 13.7. The molecule has 0 aliphatic heterocycles. The summed E-state index contributed by atoms with van der Waals surface area (Å²) in [5.41, 5.74) is 11.2. The maximum absolute atomic E-state index is 6.36. The van der Waals surface area contributed by atoms with Gasteiger partial charge < -0.3 is 9.47 Å². The summed E-state index contributed by atoms with van der Waals surface area (Å²) in [6.07, 6.45) is 3.95. The lowest BCUT2D eigenvalue weighted by molar-refractivity contribution is 0.414. The van der Waals surface area contributed by atoms with Crippen LogP contribution in [-0.2, 0) is 6.42 Å². The van der Waals surface area contributed by atoms with Gasteiger partial charge in [0.1, 0.15) is 11.5 Å². The maximum atomic E-state index is 6.36. The Kier molecular flexibility index (Phi) is 7.25. The van der Waals surface area contributed by atoms with Crippen molar-refractivity contribution in [3.8, 4) is 11.5 Å². The van der Waals surface area contributed by atoms with Gasteiger partial charge in [0.05, 0.1) is 14.2 Å². The van der Waals surface area contributed by atoms with E-state index in [4.69, 9.17) is 21.1 Å². The molecular weight excluding hydrogens is 464 g/mol. The molecule has 0 saturated carbocycles. The van der Waals surface area contributed by atoms with Gasteiger partial charge in [-0.3, -0.25) is 0 Å². The van der Waals surface area contributed by atoms with Gasteiger partial charge in [-0.25, -0.2) is 0 Å². The minimum absolute atomic E-state index is 0.568. The van der Waals surface area contributed by atoms with Crippen LogP contribution in [0.1, 0.15) is 39.8 Å². The lowest BCUT2D eigenvalue weighted by Gasteiger charge is -2.10. The van der Waals surface area contributed by atoms with Crippen molar-refractivity contribution in [2.75, 3.05) is 20.1 Å². The number of allylic oxidation sites excluding steroid dienone is 2. The van der Waals surface area contributed by atoms with Gasteiger partial charge in [-0.1, -0.05) is 72.8 Å². The number of ether oxygens (including phenoxy) is 2. The summed E-state index contributed by atoms with van der Waals surface area (Å²) < 4.78 is 10.7. The Hall–Kier alpha value is -3.75. The molecule has 4 aromatic carbocycles. The van der Waals surface area contributed by atoms with E-state index in [1.807, 2.05) is 24.3 Å². The first-order chi connectivity index (χ1) is 17.7. The van der Waals surface area contributed by atoms with Crippen LogP contribution in [0.25, 0.3) is 17.2 Å². The van der Waals surface area contributed by atoms with E-state index in [9.17, 15) is 0 Å². The largest absolute Gasteiger partial charge is 0.497 e. The van der Waals surface area contributed by atoms with Gasteiger partial charge in [0, 0.05) is 5.88 Å². The molecule has 0 N–H and O–H groups in total. The number of methoxy groups -OCH3 is 2. The van der Waals surface area contributed by atoms with Crippen LogP contribution in [0.15, 0.2) is 103 Å². The number of rotatable bonds is 8. The average Bonchev–Trinajstić information content (AvgIpc) is 3.22. The number of halogens is 1. The number of hydrogen-bond donors (Lipinski definition) is 0. The van der Waals surface area contributed by atoms with Crippen LogP contribution in [0.2, 0.25) is 0 Å². The first-order valence-electron chi connectivity index (χ1n) is 12.2. The molecule has 4 aromatic rings. The fraction of sp³-hybridized carbons (Fsp3) is 0.152. The van der Waals surface area contributed by atoms with Crippen molar-refractivity contribution in [3.05, 3.63) is 136 Å². The maximum Gasteiger partial charge on any atom is 0.118 e. The Morgan fingerprint density at radius 3 is 1.97 bits per heavy atom. The molecule has 1 aliphatic rings. The van der Waals surface area contributed by atoms with E-state index in [0.717, 1.165) is 29.9 Å². The van der Waals surface area contributed by atoms with Gasteiger partial charge in [-0.15, -0.1) is 11.6 Å². The van der Waals surface area contributed by atoms with Gasteiger partial charge >= 0.3 is 0 Å². The third kappa shape index (κ3) is 4.96.